The number of nitrogens with zero attached hydrogens (tertiary/aromatic N) is 1. The molecular formula is C19H32N4O3. The summed E-state index contributed by atoms with van der Waals surface area (Å²) in [6.07, 6.45) is 0.942. The molecule has 7 heteroatoms. The standard InChI is InChI=1S/C19H32N4O3/c1-7-10-26-15-9-8-14(11-16(15)25-6)12-21-18(20-5)22-13-17(24)23-19(2,3)4/h8-9,11H,7,10,12-13H2,1-6H3,(H,23,24)(H2,20,21,22). The van der Waals surface area contributed by atoms with Crippen LogP contribution < -0.4 is 25.4 Å². The van der Waals surface area contributed by atoms with Gasteiger partial charge in [0.25, 0.3) is 0 Å². The number of amides is 1. The Hall–Kier alpha value is -2.44. The van der Waals surface area contributed by atoms with Crippen LogP contribution >= 0.6 is 0 Å². The maximum atomic E-state index is 11.9. The average Bonchev–Trinajstić information content (AvgIpc) is 2.58. The van der Waals surface area contributed by atoms with E-state index in [-0.39, 0.29) is 18.0 Å². The number of carbonyl (C=O) groups excluding carboxylic acids is 1. The van der Waals surface area contributed by atoms with Gasteiger partial charge < -0.3 is 25.4 Å². The van der Waals surface area contributed by atoms with E-state index in [1.54, 1.807) is 14.2 Å². The molecule has 1 rings (SSSR count). The quantitative estimate of drug-likeness (QED) is 0.486. The summed E-state index contributed by atoms with van der Waals surface area (Å²) in [6.45, 7) is 9.25. The van der Waals surface area contributed by atoms with Gasteiger partial charge in [0.1, 0.15) is 0 Å². The zero-order valence-electron chi connectivity index (χ0n) is 16.7. The van der Waals surface area contributed by atoms with Crippen LogP contribution in [0.3, 0.4) is 0 Å². The van der Waals surface area contributed by atoms with E-state index in [1.165, 1.54) is 0 Å². The predicted octanol–water partition coefficient (Wildman–Crippen LogP) is 2.06. The molecule has 1 aromatic carbocycles. The summed E-state index contributed by atoms with van der Waals surface area (Å²) in [7, 11) is 3.29. The van der Waals surface area contributed by atoms with Crippen LogP contribution in [-0.4, -0.2) is 44.7 Å². The lowest BCUT2D eigenvalue weighted by Crippen LogP contribution is -2.48. The van der Waals surface area contributed by atoms with Crippen LogP contribution in [0.4, 0.5) is 0 Å². The molecule has 0 heterocycles. The van der Waals surface area contributed by atoms with E-state index in [4.69, 9.17) is 9.47 Å². The van der Waals surface area contributed by atoms with Gasteiger partial charge in [0.2, 0.25) is 5.91 Å². The van der Waals surface area contributed by atoms with E-state index in [1.807, 2.05) is 39.0 Å². The fraction of sp³-hybridized carbons (Fsp3) is 0.579. The van der Waals surface area contributed by atoms with Crippen molar-refractivity contribution in [1.29, 1.82) is 0 Å². The molecule has 0 saturated carbocycles. The third-order valence-corrected chi connectivity index (χ3v) is 3.30. The van der Waals surface area contributed by atoms with Gasteiger partial charge in [0.15, 0.2) is 17.5 Å². The van der Waals surface area contributed by atoms with Crippen LogP contribution in [0, 0.1) is 0 Å². The van der Waals surface area contributed by atoms with Crippen LogP contribution in [0.5, 0.6) is 11.5 Å². The monoisotopic (exact) mass is 364 g/mol. The van der Waals surface area contributed by atoms with Gasteiger partial charge in [-0.3, -0.25) is 9.79 Å². The Morgan fingerprint density at radius 2 is 1.92 bits per heavy atom. The molecule has 0 aromatic heterocycles. The van der Waals surface area contributed by atoms with Crippen LogP contribution in [0.1, 0.15) is 39.7 Å². The molecule has 0 bridgehead atoms. The second-order valence-corrected chi connectivity index (χ2v) is 6.91. The lowest BCUT2D eigenvalue weighted by Gasteiger charge is -2.21. The lowest BCUT2D eigenvalue weighted by atomic mass is 10.1. The highest BCUT2D eigenvalue weighted by atomic mass is 16.5. The Morgan fingerprint density at radius 1 is 1.19 bits per heavy atom. The molecule has 0 unspecified atom stereocenters. The Labute approximate surface area is 156 Å². The number of ether oxygens (including phenoxy) is 2. The molecule has 3 N–H and O–H groups in total. The molecule has 0 saturated heterocycles. The molecule has 0 radical (unpaired) electrons. The van der Waals surface area contributed by atoms with Crippen molar-refractivity contribution in [2.75, 3.05) is 27.3 Å². The summed E-state index contributed by atoms with van der Waals surface area (Å²) in [6, 6.07) is 5.80. The second kappa shape index (κ2) is 10.5. The molecule has 0 aliphatic heterocycles. The summed E-state index contributed by atoms with van der Waals surface area (Å²) in [4.78, 5) is 16.0. The van der Waals surface area contributed by atoms with Gasteiger partial charge in [-0.2, -0.15) is 0 Å². The third-order valence-electron chi connectivity index (χ3n) is 3.30. The van der Waals surface area contributed by atoms with Gasteiger partial charge in [-0.05, 0) is 44.9 Å². The molecule has 146 valence electrons. The van der Waals surface area contributed by atoms with Crippen LogP contribution in [-0.2, 0) is 11.3 Å². The molecule has 0 aliphatic rings. The van der Waals surface area contributed by atoms with E-state index in [9.17, 15) is 4.79 Å². The lowest BCUT2D eigenvalue weighted by molar-refractivity contribution is -0.121. The molecule has 0 aliphatic carbocycles. The predicted molar refractivity (Wildman–Crippen MR) is 105 cm³/mol. The number of aliphatic imine (C=N–C) groups is 1. The summed E-state index contributed by atoms with van der Waals surface area (Å²) in [5.41, 5.74) is 0.765. The summed E-state index contributed by atoms with van der Waals surface area (Å²) in [5.74, 6) is 1.91. The van der Waals surface area contributed by atoms with Gasteiger partial charge >= 0.3 is 0 Å². The van der Waals surface area contributed by atoms with Crippen LogP contribution in [0.2, 0.25) is 0 Å². The minimum Gasteiger partial charge on any atom is -0.493 e. The number of rotatable bonds is 8. The van der Waals surface area contributed by atoms with Crippen molar-refractivity contribution >= 4 is 11.9 Å². The molecule has 7 nitrogen and oxygen atoms in total. The molecule has 0 atom stereocenters. The van der Waals surface area contributed by atoms with Crippen molar-refractivity contribution < 1.29 is 14.3 Å². The molecular weight excluding hydrogens is 332 g/mol. The van der Waals surface area contributed by atoms with E-state index < -0.39 is 0 Å². The number of carbonyl (C=O) groups is 1. The van der Waals surface area contributed by atoms with Gasteiger partial charge in [-0.1, -0.05) is 13.0 Å². The Bertz CT molecular complexity index is 609. The maximum Gasteiger partial charge on any atom is 0.239 e. The van der Waals surface area contributed by atoms with E-state index in [0.29, 0.717) is 24.9 Å². The van der Waals surface area contributed by atoms with Crippen molar-refractivity contribution in [2.45, 2.75) is 46.2 Å². The minimum atomic E-state index is -0.256. The first-order chi connectivity index (χ1) is 12.3. The molecule has 26 heavy (non-hydrogen) atoms. The first-order valence-corrected chi connectivity index (χ1v) is 8.84. The number of hydrogen-bond donors (Lipinski definition) is 3. The highest BCUT2D eigenvalue weighted by molar-refractivity contribution is 5.86. The minimum absolute atomic E-state index is 0.0838. The SMILES string of the molecule is CCCOc1ccc(CNC(=NC)NCC(=O)NC(C)(C)C)cc1OC. The van der Waals surface area contributed by atoms with Gasteiger partial charge in [0.05, 0.1) is 20.3 Å². The Balaban J connectivity index is 2.56. The molecule has 0 spiro atoms. The first-order valence-electron chi connectivity index (χ1n) is 8.84. The normalized spacial score (nSPS) is 11.7. The topological polar surface area (TPSA) is 84.0 Å². The van der Waals surface area contributed by atoms with Gasteiger partial charge in [0, 0.05) is 19.1 Å². The number of nitrogens with one attached hydrogen (secondary N) is 3. The zero-order valence-corrected chi connectivity index (χ0v) is 16.7. The molecule has 1 aromatic rings. The van der Waals surface area contributed by atoms with Crippen LogP contribution in [0.15, 0.2) is 23.2 Å². The maximum absolute atomic E-state index is 11.9. The fourth-order valence-corrected chi connectivity index (χ4v) is 2.19. The van der Waals surface area contributed by atoms with E-state index >= 15 is 0 Å². The summed E-state index contributed by atoms with van der Waals surface area (Å²) < 4.78 is 11.0. The average molecular weight is 364 g/mol. The van der Waals surface area contributed by atoms with Crippen molar-refractivity contribution in [3.05, 3.63) is 23.8 Å². The smallest absolute Gasteiger partial charge is 0.239 e. The first kappa shape index (κ1) is 21.6. The number of benzene rings is 1. The highest BCUT2D eigenvalue weighted by Crippen LogP contribution is 2.28. The largest absolute Gasteiger partial charge is 0.493 e. The summed E-state index contributed by atoms with van der Waals surface area (Å²) >= 11 is 0. The van der Waals surface area contributed by atoms with Crippen LogP contribution in [0.25, 0.3) is 0 Å². The van der Waals surface area contributed by atoms with Crippen molar-refractivity contribution in [2.24, 2.45) is 4.99 Å². The molecule has 1 amide bonds. The number of guanidine groups is 1. The van der Waals surface area contributed by atoms with E-state index in [2.05, 4.69) is 27.9 Å². The van der Waals surface area contributed by atoms with E-state index in [0.717, 1.165) is 17.7 Å². The highest BCUT2D eigenvalue weighted by Gasteiger charge is 2.13. The zero-order chi connectivity index (χ0) is 19.6. The number of hydrogen-bond acceptors (Lipinski definition) is 4. The molecule has 0 fully saturated rings. The number of methoxy groups -OCH3 is 1. The summed E-state index contributed by atoms with van der Waals surface area (Å²) in [5, 5.41) is 9.08. The van der Waals surface area contributed by atoms with Crippen molar-refractivity contribution in [3.8, 4) is 11.5 Å². The van der Waals surface area contributed by atoms with Crippen molar-refractivity contribution in [3.63, 3.8) is 0 Å². The Morgan fingerprint density at radius 3 is 2.50 bits per heavy atom. The third kappa shape index (κ3) is 8.09. The fourth-order valence-electron chi connectivity index (χ4n) is 2.19. The van der Waals surface area contributed by atoms with Gasteiger partial charge in [-0.25, -0.2) is 0 Å². The second-order valence-electron chi connectivity index (χ2n) is 6.91. The van der Waals surface area contributed by atoms with Crippen molar-refractivity contribution in [1.82, 2.24) is 16.0 Å². The van der Waals surface area contributed by atoms with Gasteiger partial charge in [-0.15, -0.1) is 0 Å². The Kier molecular flexibility index (Phi) is 8.75.